The smallest absolute Gasteiger partial charge is 0.337 e. The van der Waals surface area contributed by atoms with Gasteiger partial charge in [0.15, 0.2) is 0 Å². The number of anilines is 1. The molecule has 0 bridgehead atoms. The van der Waals surface area contributed by atoms with Gasteiger partial charge in [0.1, 0.15) is 10.1 Å². The first-order chi connectivity index (χ1) is 15.9. The van der Waals surface area contributed by atoms with Gasteiger partial charge in [-0.15, -0.1) is 0 Å². The standard InChI is InChI=1S/C24H24N2O5S2/c1-31-23(30)17-12-10-16(11-13-17)15-20-22(29)26(24(32)33-20)14-6-2-3-9-21(28)25-18-7-4-5-8-19(18)27/h4-5,7-8,10-13,15,27H,2-3,6,9,14H2,1H3,(H,25,28). The summed E-state index contributed by atoms with van der Waals surface area (Å²) in [6.45, 7) is 0.490. The van der Waals surface area contributed by atoms with Crippen molar-refractivity contribution < 1.29 is 24.2 Å². The third-order valence-electron chi connectivity index (χ3n) is 4.97. The topological polar surface area (TPSA) is 95.9 Å². The molecule has 1 fully saturated rings. The number of para-hydroxylation sites is 2. The molecule has 2 N–H and O–H groups in total. The minimum Gasteiger partial charge on any atom is -0.506 e. The van der Waals surface area contributed by atoms with Gasteiger partial charge in [0.05, 0.1) is 23.3 Å². The number of thioether (sulfide) groups is 1. The van der Waals surface area contributed by atoms with E-state index in [1.54, 1.807) is 53.4 Å². The maximum atomic E-state index is 12.7. The van der Waals surface area contributed by atoms with Gasteiger partial charge in [-0.2, -0.15) is 0 Å². The molecule has 2 amide bonds. The molecule has 9 heteroatoms. The average molecular weight is 485 g/mol. The van der Waals surface area contributed by atoms with Crippen molar-refractivity contribution in [3.8, 4) is 5.75 Å². The van der Waals surface area contributed by atoms with E-state index in [-0.39, 0.29) is 17.6 Å². The number of nitrogens with one attached hydrogen (secondary N) is 1. The minimum atomic E-state index is -0.413. The molecular formula is C24H24N2O5S2. The molecule has 0 aliphatic carbocycles. The number of carbonyl (C=O) groups excluding carboxylic acids is 3. The van der Waals surface area contributed by atoms with Crippen molar-refractivity contribution in [1.82, 2.24) is 4.90 Å². The zero-order chi connectivity index (χ0) is 23.8. The number of unbranched alkanes of at least 4 members (excludes halogenated alkanes) is 2. The lowest BCUT2D eigenvalue weighted by Crippen LogP contribution is -2.29. The molecule has 1 aliphatic rings. The van der Waals surface area contributed by atoms with Crippen LogP contribution in [0.2, 0.25) is 0 Å². The number of benzene rings is 2. The average Bonchev–Trinajstić information content (AvgIpc) is 3.07. The Kier molecular flexibility index (Phi) is 8.62. The van der Waals surface area contributed by atoms with Gasteiger partial charge >= 0.3 is 5.97 Å². The van der Waals surface area contributed by atoms with Crippen molar-refractivity contribution in [1.29, 1.82) is 0 Å². The summed E-state index contributed by atoms with van der Waals surface area (Å²) >= 11 is 6.62. The second-order valence-electron chi connectivity index (χ2n) is 7.32. The Labute approximate surface area is 201 Å². The summed E-state index contributed by atoms with van der Waals surface area (Å²) in [6, 6.07) is 13.4. The number of nitrogens with zero attached hydrogens (tertiary/aromatic N) is 1. The fourth-order valence-electron chi connectivity index (χ4n) is 3.20. The fourth-order valence-corrected chi connectivity index (χ4v) is 4.51. The van der Waals surface area contributed by atoms with Crippen LogP contribution in [-0.4, -0.2) is 45.8 Å². The van der Waals surface area contributed by atoms with Gasteiger partial charge in [0, 0.05) is 13.0 Å². The van der Waals surface area contributed by atoms with E-state index in [0.29, 0.717) is 39.9 Å². The van der Waals surface area contributed by atoms with Gasteiger partial charge in [-0.3, -0.25) is 14.5 Å². The SMILES string of the molecule is COC(=O)c1ccc(C=C2SC(=S)N(CCCCCC(=O)Nc3ccccc3O)C2=O)cc1. The van der Waals surface area contributed by atoms with Gasteiger partial charge in [-0.1, -0.05) is 54.7 Å². The van der Waals surface area contributed by atoms with Crippen LogP contribution in [-0.2, 0) is 14.3 Å². The highest BCUT2D eigenvalue weighted by Gasteiger charge is 2.31. The molecule has 2 aromatic rings. The molecule has 0 radical (unpaired) electrons. The summed E-state index contributed by atoms with van der Waals surface area (Å²) in [5.41, 5.74) is 1.63. The van der Waals surface area contributed by atoms with Crippen molar-refractivity contribution in [3.63, 3.8) is 0 Å². The van der Waals surface area contributed by atoms with Crippen LogP contribution in [0.3, 0.4) is 0 Å². The maximum Gasteiger partial charge on any atom is 0.337 e. The Morgan fingerprint density at radius 2 is 1.85 bits per heavy atom. The summed E-state index contributed by atoms with van der Waals surface area (Å²) in [4.78, 5) is 38.4. The lowest BCUT2D eigenvalue weighted by atomic mass is 10.1. The molecule has 0 atom stereocenters. The second kappa shape index (κ2) is 11.6. The Balaban J connectivity index is 1.44. The van der Waals surface area contributed by atoms with Crippen LogP contribution in [0.1, 0.15) is 41.6 Å². The number of phenolic OH excluding ortho intramolecular Hbond substituents is 1. The first-order valence-electron chi connectivity index (χ1n) is 10.4. The van der Waals surface area contributed by atoms with Crippen molar-refractivity contribution in [2.45, 2.75) is 25.7 Å². The molecule has 2 aromatic carbocycles. The normalized spacial score (nSPS) is 14.6. The molecular weight excluding hydrogens is 460 g/mol. The van der Waals surface area contributed by atoms with E-state index < -0.39 is 5.97 Å². The largest absolute Gasteiger partial charge is 0.506 e. The highest BCUT2D eigenvalue weighted by atomic mass is 32.2. The molecule has 0 spiro atoms. The van der Waals surface area contributed by atoms with Crippen LogP contribution in [0.5, 0.6) is 5.75 Å². The summed E-state index contributed by atoms with van der Waals surface area (Å²) in [5, 5.41) is 12.4. The molecule has 0 aromatic heterocycles. The lowest BCUT2D eigenvalue weighted by molar-refractivity contribution is -0.122. The number of esters is 1. The molecule has 1 heterocycles. The highest BCUT2D eigenvalue weighted by molar-refractivity contribution is 8.26. The number of thiocarbonyl (C=S) groups is 1. The van der Waals surface area contributed by atoms with E-state index in [4.69, 9.17) is 12.2 Å². The molecule has 3 rings (SSSR count). The highest BCUT2D eigenvalue weighted by Crippen LogP contribution is 2.33. The molecule has 172 valence electrons. The third-order valence-corrected chi connectivity index (χ3v) is 6.34. The quantitative estimate of drug-likeness (QED) is 0.177. The van der Waals surface area contributed by atoms with Crippen LogP contribution >= 0.6 is 24.0 Å². The summed E-state index contributed by atoms with van der Waals surface area (Å²) in [7, 11) is 1.33. The van der Waals surface area contributed by atoms with Gasteiger partial charge in [0.2, 0.25) is 5.91 Å². The predicted octanol–water partition coefficient (Wildman–Crippen LogP) is 4.58. The summed E-state index contributed by atoms with van der Waals surface area (Å²) in [5.74, 6) is -0.682. The number of carbonyl (C=O) groups is 3. The number of aromatic hydroxyl groups is 1. The van der Waals surface area contributed by atoms with Crippen LogP contribution in [0.15, 0.2) is 53.4 Å². The lowest BCUT2D eigenvalue weighted by Gasteiger charge is -2.14. The molecule has 0 unspecified atom stereocenters. The number of phenols is 1. The van der Waals surface area contributed by atoms with Crippen molar-refractivity contribution in [3.05, 3.63) is 64.6 Å². The first kappa shape index (κ1) is 24.5. The summed E-state index contributed by atoms with van der Waals surface area (Å²) in [6.07, 6.45) is 4.23. The van der Waals surface area contributed by atoms with Crippen LogP contribution in [0.25, 0.3) is 6.08 Å². The maximum absolute atomic E-state index is 12.7. The molecule has 33 heavy (non-hydrogen) atoms. The van der Waals surface area contributed by atoms with Gasteiger partial charge in [-0.25, -0.2) is 4.79 Å². The predicted molar refractivity (Wildman–Crippen MR) is 133 cm³/mol. The van der Waals surface area contributed by atoms with E-state index in [1.165, 1.54) is 24.9 Å². The fraction of sp³-hybridized carbons (Fsp3) is 0.250. The summed E-state index contributed by atoms with van der Waals surface area (Å²) < 4.78 is 5.19. The number of amides is 2. The van der Waals surface area contributed by atoms with E-state index >= 15 is 0 Å². The number of hydrogen-bond donors (Lipinski definition) is 2. The number of rotatable bonds is 9. The Morgan fingerprint density at radius 1 is 1.12 bits per heavy atom. The van der Waals surface area contributed by atoms with E-state index in [2.05, 4.69) is 10.1 Å². The van der Waals surface area contributed by atoms with Gasteiger partial charge in [-0.05, 0) is 48.7 Å². The van der Waals surface area contributed by atoms with Crippen LogP contribution in [0.4, 0.5) is 5.69 Å². The molecule has 1 aliphatic heterocycles. The number of methoxy groups -OCH3 is 1. The molecule has 0 saturated carbocycles. The Hall–Kier alpha value is -3.17. The zero-order valence-electron chi connectivity index (χ0n) is 18.1. The third kappa shape index (κ3) is 6.66. The Morgan fingerprint density at radius 3 is 2.55 bits per heavy atom. The second-order valence-corrected chi connectivity index (χ2v) is 9.00. The molecule has 1 saturated heterocycles. The number of ether oxygens (including phenoxy) is 1. The molecule has 7 nitrogen and oxygen atoms in total. The van der Waals surface area contributed by atoms with E-state index in [1.807, 2.05) is 0 Å². The van der Waals surface area contributed by atoms with Gasteiger partial charge < -0.3 is 15.2 Å². The monoisotopic (exact) mass is 484 g/mol. The van der Waals surface area contributed by atoms with E-state index in [0.717, 1.165) is 18.4 Å². The number of hydrogen-bond acceptors (Lipinski definition) is 7. The van der Waals surface area contributed by atoms with Crippen LogP contribution in [0, 0.1) is 0 Å². The minimum absolute atomic E-state index is 0.0349. The van der Waals surface area contributed by atoms with Gasteiger partial charge in [0.25, 0.3) is 5.91 Å². The van der Waals surface area contributed by atoms with Crippen molar-refractivity contribution in [2.75, 3.05) is 19.0 Å². The van der Waals surface area contributed by atoms with Crippen molar-refractivity contribution >= 4 is 57.8 Å². The van der Waals surface area contributed by atoms with Crippen molar-refractivity contribution in [2.24, 2.45) is 0 Å². The van der Waals surface area contributed by atoms with Crippen LogP contribution < -0.4 is 5.32 Å². The van der Waals surface area contributed by atoms with E-state index in [9.17, 15) is 19.5 Å². The zero-order valence-corrected chi connectivity index (χ0v) is 19.7. The first-order valence-corrected chi connectivity index (χ1v) is 11.6. The Bertz CT molecular complexity index is 1080.